The van der Waals surface area contributed by atoms with E-state index in [1.165, 1.54) is 0 Å². The first kappa shape index (κ1) is 14.8. The number of hydrogen-bond acceptors (Lipinski definition) is 4. The van der Waals surface area contributed by atoms with Crippen LogP contribution in [0.4, 0.5) is 5.69 Å². The van der Waals surface area contributed by atoms with Crippen molar-refractivity contribution in [3.63, 3.8) is 0 Å². The molecule has 1 saturated heterocycles. The molecule has 0 aromatic carbocycles. The normalized spacial score (nSPS) is 22.4. The van der Waals surface area contributed by atoms with E-state index in [4.69, 9.17) is 0 Å². The van der Waals surface area contributed by atoms with Crippen LogP contribution in [0.15, 0.2) is 12.3 Å². The number of aryl methyl sites for hydroxylation is 1. The summed E-state index contributed by atoms with van der Waals surface area (Å²) in [6, 6.07) is 2.34. The smallest absolute Gasteiger partial charge is 0.257 e. The predicted octanol–water partition coefficient (Wildman–Crippen LogP) is 1.45. The SMILES string of the molecule is CNc1cc(C)ncc1C(=O)N1CC(C)C(N(C)C)C1. The Morgan fingerprint density at radius 2 is 2.15 bits per heavy atom. The van der Waals surface area contributed by atoms with Crippen LogP contribution in [0.5, 0.6) is 0 Å². The molecule has 0 saturated carbocycles. The predicted molar refractivity (Wildman–Crippen MR) is 81.1 cm³/mol. The van der Waals surface area contributed by atoms with E-state index in [0.29, 0.717) is 17.5 Å². The molecule has 1 amide bonds. The van der Waals surface area contributed by atoms with E-state index < -0.39 is 0 Å². The maximum atomic E-state index is 12.7. The van der Waals surface area contributed by atoms with Crippen LogP contribution in [0.2, 0.25) is 0 Å². The Kier molecular flexibility index (Phi) is 4.28. The van der Waals surface area contributed by atoms with E-state index in [1.54, 1.807) is 6.20 Å². The highest BCUT2D eigenvalue weighted by Crippen LogP contribution is 2.24. The van der Waals surface area contributed by atoms with Crippen LogP contribution in [0.1, 0.15) is 23.0 Å². The summed E-state index contributed by atoms with van der Waals surface area (Å²) < 4.78 is 0. The Morgan fingerprint density at radius 3 is 2.70 bits per heavy atom. The van der Waals surface area contributed by atoms with Crippen molar-refractivity contribution in [1.82, 2.24) is 14.8 Å². The molecule has 20 heavy (non-hydrogen) atoms. The zero-order valence-electron chi connectivity index (χ0n) is 13.0. The van der Waals surface area contributed by atoms with Crippen LogP contribution in [-0.4, -0.2) is 61.0 Å². The molecule has 1 N–H and O–H groups in total. The zero-order valence-corrected chi connectivity index (χ0v) is 13.0. The van der Waals surface area contributed by atoms with Crippen LogP contribution < -0.4 is 5.32 Å². The van der Waals surface area contributed by atoms with Crippen LogP contribution in [0.3, 0.4) is 0 Å². The Hall–Kier alpha value is -1.62. The molecule has 2 heterocycles. The van der Waals surface area contributed by atoms with Gasteiger partial charge in [-0.25, -0.2) is 0 Å². The maximum absolute atomic E-state index is 12.7. The molecule has 0 spiro atoms. The highest BCUT2D eigenvalue weighted by molar-refractivity contribution is 5.99. The van der Waals surface area contributed by atoms with Gasteiger partial charge in [-0.1, -0.05) is 6.92 Å². The fourth-order valence-electron chi connectivity index (χ4n) is 2.90. The first-order valence-electron chi connectivity index (χ1n) is 7.04. The van der Waals surface area contributed by atoms with E-state index in [2.05, 4.69) is 36.2 Å². The minimum absolute atomic E-state index is 0.0676. The number of anilines is 1. The minimum atomic E-state index is 0.0676. The van der Waals surface area contributed by atoms with Crippen LogP contribution in [0, 0.1) is 12.8 Å². The number of hydrogen-bond donors (Lipinski definition) is 1. The monoisotopic (exact) mass is 276 g/mol. The molecule has 110 valence electrons. The number of likely N-dealkylation sites (N-methyl/N-ethyl adjacent to an activating group) is 1. The highest BCUT2D eigenvalue weighted by atomic mass is 16.2. The van der Waals surface area contributed by atoms with Crippen molar-refractivity contribution in [3.05, 3.63) is 23.5 Å². The Balaban J connectivity index is 2.21. The number of aromatic nitrogens is 1. The first-order chi connectivity index (χ1) is 9.43. The van der Waals surface area contributed by atoms with Gasteiger partial charge in [0.05, 0.1) is 11.3 Å². The standard InChI is InChI=1S/C15H24N4O/c1-10-8-19(9-14(10)18(4)5)15(20)12-7-17-11(2)6-13(12)16-3/h6-7,10,14H,8-9H2,1-5H3,(H,16,17). The Morgan fingerprint density at radius 1 is 1.45 bits per heavy atom. The molecule has 0 aliphatic carbocycles. The van der Waals surface area contributed by atoms with Gasteiger partial charge in [0.25, 0.3) is 5.91 Å². The lowest BCUT2D eigenvalue weighted by atomic mass is 10.1. The lowest BCUT2D eigenvalue weighted by molar-refractivity contribution is 0.0782. The van der Waals surface area contributed by atoms with Gasteiger partial charge in [0.1, 0.15) is 0 Å². The molecule has 5 nitrogen and oxygen atoms in total. The summed E-state index contributed by atoms with van der Waals surface area (Å²) in [6.07, 6.45) is 1.68. The third-order valence-electron chi connectivity index (χ3n) is 4.06. The fraction of sp³-hybridized carbons (Fsp3) is 0.600. The summed E-state index contributed by atoms with van der Waals surface area (Å²) in [6.45, 7) is 5.71. The second-order valence-electron chi connectivity index (χ2n) is 5.84. The fourth-order valence-corrected chi connectivity index (χ4v) is 2.90. The lowest BCUT2D eigenvalue weighted by Gasteiger charge is -2.22. The number of nitrogens with zero attached hydrogens (tertiary/aromatic N) is 3. The Bertz CT molecular complexity index is 501. The van der Waals surface area contributed by atoms with Crippen molar-refractivity contribution in [2.45, 2.75) is 19.9 Å². The van der Waals surface area contributed by atoms with Crippen molar-refractivity contribution >= 4 is 11.6 Å². The summed E-state index contributed by atoms with van der Waals surface area (Å²) in [5.41, 5.74) is 2.42. The summed E-state index contributed by atoms with van der Waals surface area (Å²) in [7, 11) is 5.98. The van der Waals surface area contributed by atoms with E-state index in [9.17, 15) is 4.79 Å². The number of nitrogens with one attached hydrogen (secondary N) is 1. The zero-order chi connectivity index (χ0) is 14.9. The van der Waals surface area contributed by atoms with E-state index in [1.807, 2.05) is 24.9 Å². The summed E-state index contributed by atoms with van der Waals surface area (Å²) in [4.78, 5) is 21.1. The molecule has 1 aliphatic rings. The van der Waals surface area contributed by atoms with Gasteiger partial charge in [0.2, 0.25) is 0 Å². The van der Waals surface area contributed by atoms with Gasteiger partial charge in [-0.15, -0.1) is 0 Å². The molecule has 0 bridgehead atoms. The second-order valence-corrected chi connectivity index (χ2v) is 5.84. The molecule has 1 aromatic rings. The van der Waals surface area contributed by atoms with Crippen LogP contribution in [-0.2, 0) is 0 Å². The second kappa shape index (κ2) is 5.79. The van der Waals surface area contributed by atoms with Crippen LogP contribution in [0.25, 0.3) is 0 Å². The number of rotatable bonds is 3. The van der Waals surface area contributed by atoms with Crippen molar-refractivity contribution < 1.29 is 4.79 Å². The number of carbonyl (C=O) groups is 1. The quantitative estimate of drug-likeness (QED) is 0.908. The number of carbonyl (C=O) groups excluding carboxylic acids is 1. The van der Waals surface area contributed by atoms with Gasteiger partial charge in [0, 0.05) is 38.1 Å². The largest absolute Gasteiger partial charge is 0.387 e. The van der Waals surface area contributed by atoms with Crippen molar-refractivity contribution in [2.75, 3.05) is 39.5 Å². The average Bonchev–Trinajstić information content (AvgIpc) is 2.80. The third-order valence-corrected chi connectivity index (χ3v) is 4.06. The van der Waals surface area contributed by atoms with Crippen LogP contribution >= 0.6 is 0 Å². The maximum Gasteiger partial charge on any atom is 0.257 e. The molecule has 2 unspecified atom stereocenters. The summed E-state index contributed by atoms with van der Waals surface area (Å²) >= 11 is 0. The van der Waals surface area contributed by atoms with E-state index >= 15 is 0 Å². The molecular formula is C15H24N4O. The van der Waals surface area contributed by atoms with Gasteiger partial charge in [-0.3, -0.25) is 9.78 Å². The lowest BCUT2D eigenvalue weighted by Crippen LogP contribution is -2.36. The summed E-state index contributed by atoms with van der Waals surface area (Å²) in [5.74, 6) is 0.559. The highest BCUT2D eigenvalue weighted by Gasteiger charge is 2.34. The molecule has 5 heteroatoms. The molecule has 1 fully saturated rings. The average molecular weight is 276 g/mol. The number of likely N-dealkylation sites (tertiary alicyclic amines) is 1. The van der Waals surface area contributed by atoms with Crippen molar-refractivity contribution in [2.24, 2.45) is 5.92 Å². The minimum Gasteiger partial charge on any atom is -0.387 e. The van der Waals surface area contributed by atoms with E-state index in [0.717, 1.165) is 24.5 Å². The summed E-state index contributed by atoms with van der Waals surface area (Å²) in [5, 5.41) is 3.09. The molecule has 2 atom stereocenters. The van der Waals surface area contributed by atoms with Gasteiger partial charge in [-0.05, 0) is 33.0 Å². The first-order valence-corrected chi connectivity index (χ1v) is 7.04. The Labute approximate surface area is 121 Å². The molecule has 2 rings (SSSR count). The third kappa shape index (κ3) is 2.77. The molecule has 1 aliphatic heterocycles. The van der Waals surface area contributed by atoms with E-state index in [-0.39, 0.29) is 5.91 Å². The molecule has 1 aromatic heterocycles. The van der Waals surface area contributed by atoms with Crippen molar-refractivity contribution in [1.29, 1.82) is 0 Å². The number of amides is 1. The van der Waals surface area contributed by atoms with Gasteiger partial charge >= 0.3 is 0 Å². The molecular weight excluding hydrogens is 252 g/mol. The number of pyridine rings is 1. The van der Waals surface area contributed by atoms with Gasteiger partial charge < -0.3 is 15.1 Å². The van der Waals surface area contributed by atoms with Crippen molar-refractivity contribution in [3.8, 4) is 0 Å². The van der Waals surface area contributed by atoms with Gasteiger partial charge in [-0.2, -0.15) is 0 Å². The molecule has 0 radical (unpaired) electrons. The van der Waals surface area contributed by atoms with Gasteiger partial charge in [0.15, 0.2) is 0 Å². The topological polar surface area (TPSA) is 48.5 Å².